The Kier molecular flexibility index (Phi) is 5.46. The first kappa shape index (κ1) is 17.2. The summed E-state index contributed by atoms with van der Waals surface area (Å²) in [4.78, 5) is 12.2. The van der Waals surface area contributed by atoms with Crippen LogP contribution in [-0.2, 0) is 6.54 Å². The van der Waals surface area contributed by atoms with Gasteiger partial charge in [-0.15, -0.1) is 0 Å². The zero-order valence-electron chi connectivity index (χ0n) is 13.3. The van der Waals surface area contributed by atoms with Crippen LogP contribution in [0.3, 0.4) is 0 Å². The molecule has 0 aliphatic heterocycles. The average molecular weight is 399 g/mol. The number of nitrogens with one attached hydrogen (secondary N) is 2. The maximum atomic E-state index is 12.9. The predicted octanol–water partition coefficient (Wildman–Crippen LogP) is 5.45. The van der Waals surface area contributed by atoms with Gasteiger partial charge in [0.15, 0.2) is 0 Å². The first-order valence-corrected chi connectivity index (χ1v) is 8.55. The topological polar surface area (TPSA) is 41.1 Å². The fourth-order valence-corrected chi connectivity index (χ4v) is 2.71. The number of rotatable bonds is 5. The largest absolute Gasteiger partial charge is 0.381 e. The van der Waals surface area contributed by atoms with Gasteiger partial charge in [0.05, 0.1) is 0 Å². The molecule has 0 aliphatic carbocycles. The van der Waals surface area contributed by atoms with Crippen molar-refractivity contribution in [3.63, 3.8) is 0 Å². The number of anilines is 2. The molecule has 0 heterocycles. The van der Waals surface area contributed by atoms with Crippen LogP contribution in [0.2, 0.25) is 0 Å². The number of carbonyl (C=O) groups is 1. The molecule has 0 saturated heterocycles. The van der Waals surface area contributed by atoms with Gasteiger partial charge in [-0.1, -0.05) is 34.1 Å². The SMILES string of the molecule is O=C(Nc1ccc(NCc2ccc(F)cc2)cc1)c1cccc(Br)c1. The van der Waals surface area contributed by atoms with E-state index in [1.165, 1.54) is 12.1 Å². The van der Waals surface area contributed by atoms with Crippen molar-refractivity contribution in [3.05, 3.63) is 94.2 Å². The molecule has 3 aromatic rings. The van der Waals surface area contributed by atoms with E-state index < -0.39 is 0 Å². The van der Waals surface area contributed by atoms with E-state index in [1.54, 1.807) is 24.3 Å². The molecule has 3 aromatic carbocycles. The van der Waals surface area contributed by atoms with E-state index in [0.717, 1.165) is 21.4 Å². The first-order chi connectivity index (χ1) is 12.1. The smallest absolute Gasteiger partial charge is 0.255 e. The Balaban J connectivity index is 1.58. The van der Waals surface area contributed by atoms with Crippen LogP contribution in [0.5, 0.6) is 0 Å². The van der Waals surface area contributed by atoms with Crippen molar-refractivity contribution in [1.82, 2.24) is 0 Å². The Bertz CT molecular complexity index is 864. The molecule has 0 unspecified atom stereocenters. The molecular formula is C20H16BrFN2O. The summed E-state index contributed by atoms with van der Waals surface area (Å²) in [5.41, 5.74) is 3.23. The second-order valence-electron chi connectivity index (χ2n) is 5.52. The van der Waals surface area contributed by atoms with Crippen LogP contribution in [0.1, 0.15) is 15.9 Å². The zero-order chi connectivity index (χ0) is 17.6. The van der Waals surface area contributed by atoms with Gasteiger partial charge in [-0.05, 0) is 60.2 Å². The maximum Gasteiger partial charge on any atom is 0.255 e. The van der Waals surface area contributed by atoms with Gasteiger partial charge in [0, 0.05) is 28.0 Å². The highest BCUT2D eigenvalue weighted by Crippen LogP contribution is 2.17. The Labute approximate surface area is 154 Å². The van der Waals surface area contributed by atoms with Crippen LogP contribution in [0, 0.1) is 5.82 Å². The van der Waals surface area contributed by atoms with Crippen molar-refractivity contribution in [1.29, 1.82) is 0 Å². The van der Waals surface area contributed by atoms with Crippen LogP contribution >= 0.6 is 15.9 Å². The monoisotopic (exact) mass is 398 g/mol. The van der Waals surface area contributed by atoms with E-state index in [1.807, 2.05) is 36.4 Å². The lowest BCUT2D eigenvalue weighted by Gasteiger charge is -2.09. The summed E-state index contributed by atoms with van der Waals surface area (Å²) < 4.78 is 13.7. The van der Waals surface area contributed by atoms with Gasteiger partial charge in [0.1, 0.15) is 5.82 Å². The minimum Gasteiger partial charge on any atom is -0.381 e. The quantitative estimate of drug-likeness (QED) is 0.599. The highest BCUT2D eigenvalue weighted by molar-refractivity contribution is 9.10. The molecule has 3 rings (SSSR count). The molecule has 0 fully saturated rings. The van der Waals surface area contributed by atoms with Crippen molar-refractivity contribution >= 4 is 33.2 Å². The van der Waals surface area contributed by atoms with Gasteiger partial charge in [-0.25, -0.2) is 4.39 Å². The number of hydrogen-bond acceptors (Lipinski definition) is 2. The standard InChI is InChI=1S/C20H16BrFN2O/c21-16-3-1-2-15(12-16)20(25)24-19-10-8-18(9-11-19)23-13-14-4-6-17(22)7-5-14/h1-12,23H,13H2,(H,24,25). The van der Waals surface area contributed by atoms with Crippen LogP contribution in [0.4, 0.5) is 15.8 Å². The first-order valence-electron chi connectivity index (χ1n) is 7.75. The van der Waals surface area contributed by atoms with E-state index >= 15 is 0 Å². The average Bonchev–Trinajstić information content (AvgIpc) is 2.62. The van der Waals surface area contributed by atoms with Crippen LogP contribution in [0.15, 0.2) is 77.3 Å². The number of hydrogen-bond donors (Lipinski definition) is 2. The van der Waals surface area contributed by atoms with Gasteiger partial charge >= 0.3 is 0 Å². The molecule has 0 radical (unpaired) electrons. The van der Waals surface area contributed by atoms with Crippen LogP contribution < -0.4 is 10.6 Å². The summed E-state index contributed by atoms with van der Waals surface area (Å²) in [7, 11) is 0. The molecular weight excluding hydrogens is 383 g/mol. The molecule has 0 aromatic heterocycles. The number of benzene rings is 3. The number of carbonyl (C=O) groups excluding carboxylic acids is 1. The predicted molar refractivity (Wildman–Crippen MR) is 102 cm³/mol. The van der Waals surface area contributed by atoms with Crippen molar-refractivity contribution < 1.29 is 9.18 Å². The Morgan fingerprint density at radius 2 is 1.60 bits per heavy atom. The molecule has 0 spiro atoms. The summed E-state index contributed by atoms with van der Waals surface area (Å²) in [6, 6.07) is 21.1. The zero-order valence-corrected chi connectivity index (χ0v) is 14.9. The fraction of sp³-hybridized carbons (Fsp3) is 0.0500. The Morgan fingerprint density at radius 1 is 0.920 bits per heavy atom. The van der Waals surface area contributed by atoms with E-state index in [-0.39, 0.29) is 11.7 Å². The third-order valence-corrected chi connectivity index (χ3v) is 4.13. The Morgan fingerprint density at radius 3 is 2.28 bits per heavy atom. The van der Waals surface area contributed by atoms with E-state index in [0.29, 0.717) is 12.1 Å². The second-order valence-corrected chi connectivity index (χ2v) is 6.44. The lowest BCUT2D eigenvalue weighted by Crippen LogP contribution is -2.11. The molecule has 0 saturated carbocycles. The van der Waals surface area contributed by atoms with Crippen molar-refractivity contribution in [2.24, 2.45) is 0 Å². The van der Waals surface area contributed by atoms with Gasteiger partial charge < -0.3 is 10.6 Å². The highest BCUT2D eigenvalue weighted by Gasteiger charge is 2.06. The fourth-order valence-electron chi connectivity index (χ4n) is 2.31. The molecule has 5 heteroatoms. The van der Waals surface area contributed by atoms with Gasteiger partial charge in [0.25, 0.3) is 5.91 Å². The summed E-state index contributed by atoms with van der Waals surface area (Å²) in [6.45, 7) is 0.601. The third-order valence-electron chi connectivity index (χ3n) is 3.64. The highest BCUT2D eigenvalue weighted by atomic mass is 79.9. The van der Waals surface area contributed by atoms with E-state index in [2.05, 4.69) is 26.6 Å². The van der Waals surface area contributed by atoms with Gasteiger partial charge in [0.2, 0.25) is 0 Å². The maximum absolute atomic E-state index is 12.9. The van der Waals surface area contributed by atoms with E-state index in [9.17, 15) is 9.18 Å². The van der Waals surface area contributed by atoms with Crippen molar-refractivity contribution in [2.45, 2.75) is 6.54 Å². The molecule has 0 aliphatic rings. The minimum absolute atomic E-state index is 0.159. The third kappa shape index (κ3) is 4.90. The molecule has 0 bridgehead atoms. The lowest BCUT2D eigenvalue weighted by atomic mass is 10.2. The molecule has 3 nitrogen and oxygen atoms in total. The second kappa shape index (κ2) is 7.94. The number of amides is 1. The number of halogens is 2. The van der Waals surface area contributed by atoms with E-state index in [4.69, 9.17) is 0 Å². The molecule has 126 valence electrons. The summed E-state index contributed by atoms with van der Waals surface area (Å²) in [5.74, 6) is -0.400. The van der Waals surface area contributed by atoms with Crippen LogP contribution in [-0.4, -0.2) is 5.91 Å². The molecule has 25 heavy (non-hydrogen) atoms. The lowest BCUT2D eigenvalue weighted by molar-refractivity contribution is 0.102. The normalized spacial score (nSPS) is 10.3. The molecule has 0 atom stereocenters. The Hall–Kier alpha value is -2.66. The minimum atomic E-state index is -0.241. The van der Waals surface area contributed by atoms with Gasteiger partial charge in [-0.3, -0.25) is 4.79 Å². The summed E-state index contributed by atoms with van der Waals surface area (Å²) >= 11 is 3.36. The summed E-state index contributed by atoms with van der Waals surface area (Å²) in [5, 5.41) is 6.12. The molecule has 2 N–H and O–H groups in total. The van der Waals surface area contributed by atoms with Crippen LogP contribution in [0.25, 0.3) is 0 Å². The summed E-state index contributed by atoms with van der Waals surface area (Å²) in [6.07, 6.45) is 0. The van der Waals surface area contributed by atoms with Gasteiger partial charge in [-0.2, -0.15) is 0 Å². The molecule has 1 amide bonds. The van der Waals surface area contributed by atoms with Crippen molar-refractivity contribution in [2.75, 3.05) is 10.6 Å². The van der Waals surface area contributed by atoms with Crippen molar-refractivity contribution in [3.8, 4) is 0 Å².